The molecule has 0 aromatic carbocycles. The summed E-state index contributed by atoms with van der Waals surface area (Å²) in [6.45, 7) is 7.70. The van der Waals surface area contributed by atoms with Crippen molar-refractivity contribution in [1.29, 1.82) is 0 Å². The summed E-state index contributed by atoms with van der Waals surface area (Å²) in [5.41, 5.74) is 0. The summed E-state index contributed by atoms with van der Waals surface area (Å²) in [6.07, 6.45) is 5.54. The number of nitrogens with zero attached hydrogens (tertiary/aromatic N) is 1. The molecule has 2 amide bonds. The molecule has 20 heavy (non-hydrogen) atoms. The Kier molecular flexibility index (Phi) is 5.06. The van der Waals surface area contributed by atoms with E-state index in [1.54, 1.807) is 0 Å². The lowest BCUT2D eigenvalue weighted by molar-refractivity contribution is -0.135. The van der Waals surface area contributed by atoms with Gasteiger partial charge < -0.3 is 10.2 Å². The van der Waals surface area contributed by atoms with E-state index in [0.29, 0.717) is 24.8 Å². The second-order valence-corrected chi connectivity index (χ2v) is 6.85. The van der Waals surface area contributed by atoms with E-state index in [1.807, 2.05) is 18.7 Å². The van der Waals surface area contributed by atoms with Crippen LogP contribution in [0.2, 0.25) is 0 Å². The smallest absolute Gasteiger partial charge is 0.245 e. The first-order valence-corrected chi connectivity index (χ1v) is 8.07. The van der Waals surface area contributed by atoms with Gasteiger partial charge in [0.05, 0.1) is 0 Å². The third-order valence-electron chi connectivity index (χ3n) is 4.91. The van der Waals surface area contributed by atoms with Crippen molar-refractivity contribution in [3.05, 3.63) is 0 Å². The zero-order valence-electron chi connectivity index (χ0n) is 13.0. The minimum absolute atomic E-state index is 0.0104. The minimum atomic E-state index is -0.344. The Labute approximate surface area is 122 Å². The van der Waals surface area contributed by atoms with E-state index < -0.39 is 0 Å². The molecular weight excluding hydrogens is 252 g/mol. The van der Waals surface area contributed by atoms with Crippen LogP contribution in [-0.2, 0) is 9.59 Å². The maximum atomic E-state index is 12.6. The predicted molar refractivity (Wildman–Crippen MR) is 79.1 cm³/mol. The molecule has 1 aliphatic carbocycles. The predicted octanol–water partition coefficient (Wildman–Crippen LogP) is 2.19. The molecule has 1 saturated carbocycles. The Balaban J connectivity index is 2.05. The van der Waals surface area contributed by atoms with Gasteiger partial charge in [-0.05, 0) is 24.2 Å². The average Bonchev–Trinajstić information content (AvgIpc) is 2.54. The molecule has 4 nitrogen and oxygen atoms in total. The topological polar surface area (TPSA) is 49.4 Å². The van der Waals surface area contributed by atoms with Crippen LogP contribution >= 0.6 is 0 Å². The van der Waals surface area contributed by atoms with Crippen LogP contribution in [0.3, 0.4) is 0 Å². The van der Waals surface area contributed by atoms with Crippen LogP contribution in [0.4, 0.5) is 0 Å². The SMILES string of the molecule is CC(C)C1NC(=O)CCN(CC2CCCCC2C)C1=O. The molecule has 0 spiro atoms. The normalized spacial score (nSPS) is 32.2. The molecule has 114 valence electrons. The summed E-state index contributed by atoms with van der Waals surface area (Å²) < 4.78 is 0. The molecule has 0 bridgehead atoms. The number of carbonyl (C=O) groups is 2. The largest absolute Gasteiger partial charge is 0.344 e. The number of hydrogen-bond donors (Lipinski definition) is 1. The standard InChI is InChI=1S/C16H28N2O2/c1-11(2)15-16(20)18(9-8-14(19)17-15)10-13-7-5-4-6-12(13)3/h11-13,15H,4-10H2,1-3H3,(H,17,19). The minimum Gasteiger partial charge on any atom is -0.344 e. The lowest BCUT2D eigenvalue weighted by Crippen LogP contribution is -2.49. The average molecular weight is 280 g/mol. The number of hydrogen-bond acceptors (Lipinski definition) is 2. The molecule has 2 aliphatic rings. The number of carbonyl (C=O) groups excluding carboxylic acids is 2. The van der Waals surface area contributed by atoms with E-state index in [1.165, 1.54) is 25.7 Å². The number of nitrogens with one attached hydrogen (secondary N) is 1. The Morgan fingerprint density at radius 2 is 1.95 bits per heavy atom. The lowest BCUT2D eigenvalue weighted by Gasteiger charge is -2.34. The van der Waals surface area contributed by atoms with Crippen LogP contribution in [0.25, 0.3) is 0 Å². The number of rotatable bonds is 3. The Morgan fingerprint density at radius 3 is 2.60 bits per heavy atom. The molecule has 3 unspecified atom stereocenters. The van der Waals surface area contributed by atoms with Gasteiger partial charge in [-0.3, -0.25) is 9.59 Å². The molecule has 4 heteroatoms. The molecular formula is C16H28N2O2. The molecule has 1 aliphatic heterocycles. The molecule has 1 N–H and O–H groups in total. The second-order valence-electron chi connectivity index (χ2n) is 6.85. The fourth-order valence-electron chi connectivity index (χ4n) is 3.43. The molecule has 1 saturated heterocycles. The van der Waals surface area contributed by atoms with Crippen LogP contribution in [0.5, 0.6) is 0 Å². The zero-order chi connectivity index (χ0) is 14.7. The highest BCUT2D eigenvalue weighted by molar-refractivity contribution is 5.90. The van der Waals surface area contributed by atoms with Gasteiger partial charge in [-0.15, -0.1) is 0 Å². The van der Waals surface area contributed by atoms with Crippen LogP contribution in [0, 0.1) is 17.8 Å². The van der Waals surface area contributed by atoms with E-state index in [9.17, 15) is 9.59 Å². The van der Waals surface area contributed by atoms with Crippen LogP contribution in [0.1, 0.15) is 52.9 Å². The van der Waals surface area contributed by atoms with Gasteiger partial charge in [0.25, 0.3) is 0 Å². The van der Waals surface area contributed by atoms with Crippen LogP contribution in [-0.4, -0.2) is 35.8 Å². The van der Waals surface area contributed by atoms with Crippen molar-refractivity contribution >= 4 is 11.8 Å². The number of amides is 2. The molecule has 3 atom stereocenters. The monoisotopic (exact) mass is 280 g/mol. The molecule has 0 radical (unpaired) electrons. The fraction of sp³-hybridized carbons (Fsp3) is 0.875. The van der Waals surface area contributed by atoms with Crippen molar-refractivity contribution in [1.82, 2.24) is 10.2 Å². The summed E-state index contributed by atoms with van der Waals surface area (Å²) in [5.74, 6) is 1.57. The molecule has 2 fully saturated rings. The first-order chi connectivity index (χ1) is 9.49. The molecule has 0 aromatic heterocycles. The highest BCUT2D eigenvalue weighted by atomic mass is 16.2. The summed E-state index contributed by atoms with van der Waals surface area (Å²) >= 11 is 0. The first-order valence-electron chi connectivity index (χ1n) is 8.07. The highest BCUT2D eigenvalue weighted by Crippen LogP contribution is 2.30. The van der Waals surface area contributed by atoms with Crippen LogP contribution in [0.15, 0.2) is 0 Å². The van der Waals surface area contributed by atoms with Gasteiger partial charge in [0.15, 0.2) is 0 Å². The van der Waals surface area contributed by atoms with E-state index in [-0.39, 0.29) is 23.8 Å². The third kappa shape index (κ3) is 3.53. The molecule has 1 heterocycles. The van der Waals surface area contributed by atoms with Crippen molar-refractivity contribution in [3.63, 3.8) is 0 Å². The van der Waals surface area contributed by atoms with E-state index in [4.69, 9.17) is 0 Å². The van der Waals surface area contributed by atoms with Crippen molar-refractivity contribution in [2.75, 3.05) is 13.1 Å². The molecule has 0 aromatic rings. The second kappa shape index (κ2) is 6.59. The van der Waals surface area contributed by atoms with Crippen molar-refractivity contribution < 1.29 is 9.59 Å². The van der Waals surface area contributed by atoms with Crippen LogP contribution < -0.4 is 5.32 Å². The van der Waals surface area contributed by atoms with Gasteiger partial charge in [0.2, 0.25) is 11.8 Å². The van der Waals surface area contributed by atoms with Gasteiger partial charge >= 0.3 is 0 Å². The Hall–Kier alpha value is -1.06. The van der Waals surface area contributed by atoms with Gasteiger partial charge in [-0.1, -0.05) is 40.0 Å². The van der Waals surface area contributed by atoms with E-state index in [2.05, 4.69) is 12.2 Å². The zero-order valence-corrected chi connectivity index (χ0v) is 13.0. The summed E-state index contributed by atoms with van der Waals surface area (Å²) in [5, 5.41) is 2.88. The van der Waals surface area contributed by atoms with Gasteiger partial charge in [0, 0.05) is 19.5 Å². The maximum absolute atomic E-state index is 12.6. The molecule has 2 rings (SSSR count). The van der Waals surface area contributed by atoms with Gasteiger partial charge in [0.1, 0.15) is 6.04 Å². The highest BCUT2D eigenvalue weighted by Gasteiger charge is 2.34. The van der Waals surface area contributed by atoms with Crippen molar-refractivity contribution in [3.8, 4) is 0 Å². The van der Waals surface area contributed by atoms with Crippen molar-refractivity contribution in [2.24, 2.45) is 17.8 Å². The quantitative estimate of drug-likeness (QED) is 0.861. The maximum Gasteiger partial charge on any atom is 0.245 e. The van der Waals surface area contributed by atoms with Crippen molar-refractivity contribution in [2.45, 2.75) is 58.9 Å². The first kappa shape index (κ1) is 15.3. The Bertz CT molecular complexity index is 367. The third-order valence-corrected chi connectivity index (χ3v) is 4.91. The summed E-state index contributed by atoms with van der Waals surface area (Å²) in [4.78, 5) is 26.3. The lowest BCUT2D eigenvalue weighted by atomic mass is 9.80. The van der Waals surface area contributed by atoms with Gasteiger partial charge in [-0.25, -0.2) is 0 Å². The Morgan fingerprint density at radius 1 is 1.25 bits per heavy atom. The van der Waals surface area contributed by atoms with E-state index >= 15 is 0 Å². The van der Waals surface area contributed by atoms with E-state index in [0.717, 1.165) is 6.54 Å². The summed E-state index contributed by atoms with van der Waals surface area (Å²) in [7, 11) is 0. The fourth-order valence-corrected chi connectivity index (χ4v) is 3.43. The van der Waals surface area contributed by atoms with Gasteiger partial charge in [-0.2, -0.15) is 0 Å². The summed E-state index contributed by atoms with van der Waals surface area (Å²) in [6, 6.07) is -0.344.